The minimum Gasteiger partial charge on any atom is -0.378 e. The van der Waals surface area contributed by atoms with E-state index in [1.807, 2.05) is 0 Å². The summed E-state index contributed by atoms with van der Waals surface area (Å²) < 4.78 is 4.94. The van der Waals surface area contributed by atoms with Crippen molar-refractivity contribution in [3.05, 3.63) is 27.9 Å². The van der Waals surface area contributed by atoms with E-state index >= 15 is 0 Å². The van der Waals surface area contributed by atoms with Gasteiger partial charge in [-0.1, -0.05) is 0 Å². The molecule has 1 saturated carbocycles. The number of aromatic amines is 1. The number of nitrogens with one attached hydrogen (secondary N) is 2. The van der Waals surface area contributed by atoms with Crippen LogP contribution in [0.5, 0.6) is 0 Å². The van der Waals surface area contributed by atoms with Crippen LogP contribution in [0.15, 0.2) is 10.9 Å². The molecule has 0 spiro atoms. The quantitative estimate of drug-likeness (QED) is 0.725. The van der Waals surface area contributed by atoms with Crippen LogP contribution in [0.4, 0.5) is 0 Å². The largest absolute Gasteiger partial charge is 0.378 e. The van der Waals surface area contributed by atoms with E-state index in [1.165, 1.54) is 18.9 Å². The second-order valence-electron chi connectivity index (χ2n) is 3.77. The molecule has 0 bridgehead atoms. The van der Waals surface area contributed by atoms with Gasteiger partial charge in [-0.15, -0.1) is 0 Å². The molecule has 1 fully saturated rings. The molecule has 0 radical (unpaired) electrons. The van der Waals surface area contributed by atoms with Gasteiger partial charge in [-0.05, 0) is 12.8 Å². The van der Waals surface area contributed by atoms with E-state index in [1.54, 1.807) is 7.11 Å². The highest BCUT2D eigenvalue weighted by Gasteiger charge is 2.20. The summed E-state index contributed by atoms with van der Waals surface area (Å²) in [5.41, 5.74) is 0.554. The molecule has 1 aliphatic rings. The van der Waals surface area contributed by atoms with Crippen LogP contribution in [0.3, 0.4) is 0 Å². The van der Waals surface area contributed by atoms with Gasteiger partial charge in [0.05, 0.1) is 18.8 Å². The molecule has 82 valence electrons. The van der Waals surface area contributed by atoms with Gasteiger partial charge in [0.2, 0.25) is 0 Å². The van der Waals surface area contributed by atoms with Gasteiger partial charge in [0, 0.05) is 19.2 Å². The topological polar surface area (TPSA) is 67.0 Å². The first-order valence-corrected chi connectivity index (χ1v) is 5.09. The van der Waals surface area contributed by atoms with E-state index in [2.05, 4.69) is 15.3 Å². The summed E-state index contributed by atoms with van der Waals surface area (Å²) in [5, 5.41) is 3.30. The minimum absolute atomic E-state index is 0.121. The van der Waals surface area contributed by atoms with Crippen LogP contribution >= 0.6 is 0 Å². The third-order valence-corrected chi connectivity index (χ3v) is 2.27. The average Bonchev–Trinajstić information content (AvgIpc) is 2.98. The molecule has 0 saturated heterocycles. The Labute approximate surface area is 87.9 Å². The predicted octanol–water partition coefficient (Wildman–Crippen LogP) is 0.168. The summed E-state index contributed by atoms with van der Waals surface area (Å²) in [6, 6.07) is 2.07. The Morgan fingerprint density at radius 2 is 2.47 bits per heavy atom. The van der Waals surface area contributed by atoms with Crippen LogP contribution in [0.1, 0.15) is 24.4 Å². The summed E-state index contributed by atoms with van der Waals surface area (Å²) in [6.07, 6.45) is 2.45. The Morgan fingerprint density at radius 1 is 1.67 bits per heavy atom. The second kappa shape index (κ2) is 4.55. The third kappa shape index (κ3) is 3.14. The summed E-state index contributed by atoms with van der Waals surface area (Å²) in [6.45, 7) is 0.998. The van der Waals surface area contributed by atoms with Gasteiger partial charge in [0.1, 0.15) is 5.82 Å². The SMILES string of the molecule is COCc1cc(=O)[nH]c(CNC2CC2)n1. The van der Waals surface area contributed by atoms with Crippen molar-refractivity contribution >= 4 is 0 Å². The maximum Gasteiger partial charge on any atom is 0.251 e. The van der Waals surface area contributed by atoms with E-state index in [4.69, 9.17) is 4.74 Å². The lowest BCUT2D eigenvalue weighted by molar-refractivity contribution is 0.181. The highest BCUT2D eigenvalue weighted by Crippen LogP contribution is 2.18. The molecule has 2 N–H and O–H groups in total. The van der Waals surface area contributed by atoms with Crippen molar-refractivity contribution < 1.29 is 4.74 Å². The maximum absolute atomic E-state index is 11.3. The second-order valence-corrected chi connectivity index (χ2v) is 3.77. The predicted molar refractivity (Wildman–Crippen MR) is 55.4 cm³/mol. The number of ether oxygens (including phenoxy) is 1. The number of nitrogens with zero attached hydrogens (tertiary/aromatic N) is 1. The molecule has 0 amide bonds. The molecule has 0 aromatic carbocycles. The van der Waals surface area contributed by atoms with Crippen molar-refractivity contribution in [2.45, 2.75) is 32.0 Å². The Hall–Kier alpha value is -1.20. The Kier molecular flexibility index (Phi) is 3.13. The van der Waals surface area contributed by atoms with Gasteiger partial charge in [-0.25, -0.2) is 4.98 Å². The molecule has 1 aromatic rings. The lowest BCUT2D eigenvalue weighted by Gasteiger charge is -2.04. The van der Waals surface area contributed by atoms with Gasteiger partial charge in [0.15, 0.2) is 0 Å². The number of rotatable bonds is 5. The summed E-state index contributed by atoms with van der Waals surface area (Å²) in [5.74, 6) is 0.682. The van der Waals surface area contributed by atoms with E-state index in [0.29, 0.717) is 30.7 Å². The van der Waals surface area contributed by atoms with Gasteiger partial charge >= 0.3 is 0 Å². The molecule has 1 aromatic heterocycles. The van der Waals surface area contributed by atoms with Crippen molar-refractivity contribution in [1.29, 1.82) is 0 Å². The zero-order valence-electron chi connectivity index (χ0n) is 8.75. The van der Waals surface area contributed by atoms with E-state index < -0.39 is 0 Å². The molecule has 0 unspecified atom stereocenters. The van der Waals surface area contributed by atoms with Gasteiger partial charge in [-0.2, -0.15) is 0 Å². The molecule has 1 heterocycles. The number of methoxy groups -OCH3 is 1. The summed E-state index contributed by atoms with van der Waals surface area (Å²) in [4.78, 5) is 18.3. The zero-order valence-corrected chi connectivity index (χ0v) is 8.75. The summed E-state index contributed by atoms with van der Waals surface area (Å²) >= 11 is 0. The molecule has 1 aliphatic carbocycles. The Morgan fingerprint density at radius 3 is 3.13 bits per heavy atom. The maximum atomic E-state index is 11.3. The standard InChI is InChI=1S/C10H15N3O2/c1-15-6-8-4-10(14)13-9(12-8)5-11-7-2-3-7/h4,7,11H,2-3,5-6H2,1H3,(H,12,13,14). The monoisotopic (exact) mass is 209 g/mol. The van der Waals surface area contributed by atoms with Gasteiger partial charge in [0.25, 0.3) is 5.56 Å². The fourth-order valence-electron chi connectivity index (χ4n) is 1.40. The zero-order chi connectivity index (χ0) is 10.7. The van der Waals surface area contributed by atoms with E-state index in [0.717, 1.165) is 0 Å². The number of H-pyrrole nitrogens is 1. The van der Waals surface area contributed by atoms with Crippen molar-refractivity contribution in [1.82, 2.24) is 15.3 Å². The van der Waals surface area contributed by atoms with Crippen LogP contribution < -0.4 is 10.9 Å². The lowest BCUT2D eigenvalue weighted by atomic mass is 10.4. The summed E-state index contributed by atoms with van der Waals surface area (Å²) in [7, 11) is 1.59. The van der Waals surface area contributed by atoms with Crippen LogP contribution in [-0.4, -0.2) is 23.1 Å². The molecule has 0 aliphatic heterocycles. The lowest BCUT2D eigenvalue weighted by Crippen LogP contribution is -2.21. The normalized spacial score (nSPS) is 15.5. The van der Waals surface area contributed by atoms with Crippen LogP contribution in [0, 0.1) is 0 Å². The van der Waals surface area contributed by atoms with Crippen molar-refractivity contribution in [3.8, 4) is 0 Å². The van der Waals surface area contributed by atoms with Crippen LogP contribution in [-0.2, 0) is 17.9 Å². The average molecular weight is 209 g/mol. The number of hydrogen-bond donors (Lipinski definition) is 2. The molecule has 5 heteroatoms. The smallest absolute Gasteiger partial charge is 0.251 e. The highest BCUT2D eigenvalue weighted by molar-refractivity contribution is 5.02. The van der Waals surface area contributed by atoms with Gasteiger partial charge < -0.3 is 15.0 Å². The molecule has 15 heavy (non-hydrogen) atoms. The van der Waals surface area contributed by atoms with Crippen molar-refractivity contribution in [2.75, 3.05) is 7.11 Å². The minimum atomic E-state index is -0.121. The first-order valence-electron chi connectivity index (χ1n) is 5.09. The fraction of sp³-hybridized carbons (Fsp3) is 0.600. The fourth-order valence-corrected chi connectivity index (χ4v) is 1.40. The molecule has 2 rings (SSSR count). The molecular weight excluding hydrogens is 194 g/mol. The van der Waals surface area contributed by atoms with Crippen LogP contribution in [0.25, 0.3) is 0 Å². The van der Waals surface area contributed by atoms with Crippen molar-refractivity contribution in [3.63, 3.8) is 0 Å². The number of hydrogen-bond acceptors (Lipinski definition) is 4. The third-order valence-electron chi connectivity index (χ3n) is 2.27. The Bertz CT molecular complexity index is 384. The van der Waals surface area contributed by atoms with Crippen LogP contribution in [0.2, 0.25) is 0 Å². The van der Waals surface area contributed by atoms with E-state index in [-0.39, 0.29) is 5.56 Å². The molecule has 0 atom stereocenters. The number of aromatic nitrogens is 2. The first-order chi connectivity index (χ1) is 7.28. The highest BCUT2D eigenvalue weighted by atomic mass is 16.5. The molecular formula is C10H15N3O2. The molecule has 5 nitrogen and oxygen atoms in total. The van der Waals surface area contributed by atoms with Crippen molar-refractivity contribution in [2.24, 2.45) is 0 Å². The Balaban J connectivity index is 2.04. The van der Waals surface area contributed by atoms with Gasteiger partial charge in [-0.3, -0.25) is 4.79 Å². The van der Waals surface area contributed by atoms with E-state index in [9.17, 15) is 4.79 Å². The first kappa shape index (κ1) is 10.3.